The molecular weight excluding hydrogens is 240 g/mol. The smallest absolute Gasteiger partial charge is 0.410 e. The Morgan fingerprint density at radius 2 is 2.00 bits per heavy atom. The van der Waals surface area contributed by atoms with Crippen LogP contribution in [0.5, 0.6) is 5.75 Å². The monoisotopic (exact) mass is 260 g/mol. The molecule has 2 aliphatic heterocycles. The van der Waals surface area contributed by atoms with Gasteiger partial charge in [-0.15, -0.1) is 0 Å². The number of nitrogens with one attached hydrogen (secondary N) is 1. The molecule has 0 aromatic heterocycles. The van der Waals surface area contributed by atoms with Crippen molar-refractivity contribution in [2.24, 2.45) is 0 Å². The fraction of sp³-hybridized carbons (Fsp3) is 0.533. The second kappa shape index (κ2) is 5.61. The Morgan fingerprint density at radius 3 is 2.84 bits per heavy atom. The molecule has 0 radical (unpaired) electrons. The van der Waals surface area contributed by atoms with Crippen LogP contribution >= 0.6 is 0 Å². The van der Waals surface area contributed by atoms with E-state index in [9.17, 15) is 4.79 Å². The summed E-state index contributed by atoms with van der Waals surface area (Å²) in [7, 11) is 0. The first-order valence-electron chi connectivity index (χ1n) is 7.10. The lowest BCUT2D eigenvalue weighted by Gasteiger charge is -2.32. The maximum absolute atomic E-state index is 11.9. The fourth-order valence-electron chi connectivity index (χ4n) is 3.19. The van der Waals surface area contributed by atoms with Crippen LogP contribution in [0, 0.1) is 0 Å². The van der Waals surface area contributed by atoms with Crippen molar-refractivity contribution in [3.63, 3.8) is 0 Å². The first-order chi connectivity index (χ1) is 9.33. The molecule has 2 atom stereocenters. The van der Waals surface area contributed by atoms with E-state index in [1.165, 1.54) is 25.8 Å². The van der Waals surface area contributed by atoms with E-state index >= 15 is 0 Å². The van der Waals surface area contributed by atoms with Crippen LogP contribution in [0.3, 0.4) is 0 Å². The van der Waals surface area contributed by atoms with Crippen molar-refractivity contribution in [2.45, 2.75) is 37.8 Å². The first kappa shape index (κ1) is 12.5. The number of benzene rings is 1. The highest BCUT2D eigenvalue weighted by Crippen LogP contribution is 2.27. The zero-order chi connectivity index (χ0) is 13.1. The van der Waals surface area contributed by atoms with E-state index in [-0.39, 0.29) is 12.1 Å². The molecule has 0 saturated carbocycles. The summed E-state index contributed by atoms with van der Waals surface area (Å²) in [5.41, 5.74) is 0. The highest BCUT2D eigenvalue weighted by atomic mass is 16.6. The summed E-state index contributed by atoms with van der Waals surface area (Å²) in [5.74, 6) is 0.596. The van der Waals surface area contributed by atoms with E-state index < -0.39 is 0 Å². The van der Waals surface area contributed by atoms with Crippen molar-refractivity contribution in [3.8, 4) is 5.75 Å². The largest absolute Gasteiger partial charge is 0.412 e. The minimum Gasteiger partial charge on any atom is -0.410 e. The molecule has 1 aromatic rings. The Bertz CT molecular complexity index is 435. The predicted molar refractivity (Wildman–Crippen MR) is 73.2 cm³/mol. The van der Waals surface area contributed by atoms with Crippen LogP contribution in [0.25, 0.3) is 0 Å². The normalized spacial score (nSPS) is 26.7. The van der Waals surface area contributed by atoms with E-state index in [1.807, 2.05) is 18.2 Å². The standard InChI is InChI=1S/C15H20N2O2/c18-15(19-12-6-2-1-3-7-12)16-13-9-11-17-10-5-4-8-14(13)17/h1-3,6-7,13-14H,4-5,8-11H2,(H,16,18). The van der Waals surface area contributed by atoms with E-state index in [1.54, 1.807) is 12.1 Å². The van der Waals surface area contributed by atoms with Gasteiger partial charge in [0.1, 0.15) is 5.75 Å². The number of fused-ring (bicyclic) bond motifs is 1. The van der Waals surface area contributed by atoms with Crippen molar-refractivity contribution >= 4 is 6.09 Å². The molecule has 2 fully saturated rings. The average molecular weight is 260 g/mol. The number of hydrogen-bond donors (Lipinski definition) is 1. The predicted octanol–water partition coefficient (Wildman–Crippen LogP) is 2.40. The van der Waals surface area contributed by atoms with Gasteiger partial charge in [0.2, 0.25) is 0 Å². The minimum atomic E-state index is -0.330. The molecule has 3 rings (SSSR count). The van der Waals surface area contributed by atoms with Crippen LogP contribution in [0.2, 0.25) is 0 Å². The quantitative estimate of drug-likeness (QED) is 0.887. The molecule has 4 nitrogen and oxygen atoms in total. The maximum Gasteiger partial charge on any atom is 0.412 e. The zero-order valence-corrected chi connectivity index (χ0v) is 11.0. The third-order valence-electron chi connectivity index (χ3n) is 4.11. The van der Waals surface area contributed by atoms with Crippen molar-refractivity contribution < 1.29 is 9.53 Å². The number of ether oxygens (including phenoxy) is 1. The summed E-state index contributed by atoms with van der Waals surface area (Å²) in [5, 5.41) is 3.02. The summed E-state index contributed by atoms with van der Waals surface area (Å²) < 4.78 is 5.29. The highest BCUT2D eigenvalue weighted by Gasteiger charge is 2.36. The number of amides is 1. The molecule has 4 heteroatoms. The second-order valence-corrected chi connectivity index (χ2v) is 5.34. The molecule has 19 heavy (non-hydrogen) atoms. The number of rotatable bonds is 2. The summed E-state index contributed by atoms with van der Waals surface area (Å²) in [6.07, 6.45) is 4.46. The molecule has 0 bridgehead atoms. The SMILES string of the molecule is O=C(NC1CCN2CCCCC12)Oc1ccccc1. The Labute approximate surface area is 113 Å². The van der Waals surface area contributed by atoms with E-state index in [0.717, 1.165) is 13.0 Å². The van der Waals surface area contributed by atoms with E-state index in [2.05, 4.69) is 10.2 Å². The summed E-state index contributed by atoms with van der Waals surface area (Å²) >= 11 is 0. The van der Waals surface area contributed by atoms with Crippen molar-refractivity contribution in [2.75, 3.05) is 13.1 Å². The molecule has 1 N–H and O–H groups in total. The molecule has 2 heterocycles. The van der Waals surface area contributed by atoms with Gasteiger partial charge in [-0.25, -0.2) is 4.79 Å². The lowest BCUT2D eigenvalue weighted by atomic mass is 9.99. The van der Waals surface area contributed by atoms with Gasteiger partial charge in [-0.3, -0.25) is 4.90 Å². The average Bonchev–Trinajstić information content (AvgIpc) is 2.83. The fourth-order valence-corrected chi connectivity index (χ4v) is 3.19. The van der Waals surface area contributed by atoms with Crippen molar-refractivity contribution in [1.29, 1.82) is 0 Å². The second-order valence-electron chi connectivity index (χ2n) is 5.34. The molecule has 1 amide bonds. The molecule has 0 aliphatic carbocycles. The van der Waals surface area contributed by atoms with Crippen LogP contribution in [0.15, 0.2) is 30.3 Å². The van der Waals surface area contributed by atoms with Crippen LogP contribution < -0.4 is 10.1 Å². The lowest BCUT2D eigenvalue weighted by molar-refractivity contribution is 0.167. The maximum atomic E-state index is 11.9. The van der Waals surface area contributed by atoms with Crippen LogP contribution in [-0.4, -0.2) is 36.2 Å². The summed E-state index contributed by atoms with van der Waals surface area (Å²) in [6.45, 7) is 2.28. The van der Waals surface area contributed by atoms with Gasteiger partial charge in [0.25, 0.3) is 0 Å². The van der Waals surface area contributed by atoms with Gasteiger partial charge in [-0.05, 0) is 37.9 Å². The third kappa shape index (κ3) is 2.89. The van der Waals surface area contributed by atoms with Crippen LogP contribution in [-0.2, 0) is 0 Å². The summed E-state index contributed by atoms with van der Waals surface area (Å²) in [6, 6.07) is 9.97. The van der Waals surface area contributed by atoms with E-state index in [0.29, 0.717) is 11.8 Å². The van der Waals surface area contributed by atoms with Gasteiger partial charge >= 0.3 is 6.09 Å². The molecule has 2 saturated heterocycles. The number of piperidine rings is 1. The van der Waals surface area contributed by atoms with Gasteiger partial charge in [0, 0.05) is 18.6 Å². The van der Waals surface area contributed by atoms with Crippen LogP contribution in [0.1, 0.15) is 25.7 Å². The summed E-state index contributed by atoms with van der Waals surface area (Å²) in [4.78, 5) is 14.4. The van der Waals surface area contributed by atoms with Gasteiger partial charge in [-0.2, -0.15) is 0 Å². The highest BCUT2D eigenvalue weighted by molar-refractivity contribution is 5.70. The molecule has 1 aromatic carbocycles. The van der Waals surface area contributed by atoms with Gasteiger partial charge < -0.3 is 10.1 Å². The number of carbonyl (C=O) groups excluding carboxylic acids is 1. The topological polar surface area (TPSA) is 41.6 Å². The first-order valence-corrected chi connectivity index (χ1v) is 7.10. The Hall–Kier alpha value is -1.55. The van der Waals surface area contributed by atoms with Crippen LogP contribution in [0.4, 0.5) is 4.79 Å². The number of hydrogen-bond acceptors (Lipinski definition) is 3. The molecular formula is C15H20N2O2. The number of carbonyl (C=O) groups is 1. The Kier molecular flexibility index (Phi) is 3.69. The van der Waals surface area contributed by atoms with Gasteiger partial charge in [0.05, 0.1) is 0 Å². The Morgan fingerprint density at radius 1 is 1.16 bits per heavy atom. The lowest BCUT2D eigenvalue weighted by Crippen LogP contribution is -2.47. The number of para-hydroxylation sites is 1. The third-order valence-corrected chi connectivity index (χ3v) is 4.11. The number of nitrogens with zero attached hydrogens (tertiary/aromatic N) is 1. The van der Waals surface area contributed by atoms with Gasteiger partial charge in [-0.1, -0.05) is 24.6 Å². The van der Waals surface area contributed by atoms with Crippen molar-refractivity contribution in [3.05, 3.63) is 30.3 Å². The molecule has 2 aliphatic rings. The molecule has 0 spiro atoms. The molecule has 102 valence electrons. The molecule has 2 unspecified atom stereocenters. The van der Waals surface area contributed by atoms with Gasteiger partial charge in [0.15, 0.2) is 0 Å². The zero-order valence-electron chi connectivity index (χ0n) is 11.0. The Balaban J connectivity index is 1.55. The van der Waals surface area contributed by atoms with Crippen molar-refractivity contribution in [1.82, 2.24) is 10.2 Å². The van der Waals surface area contributed by atoms with E-state index in [4.69, 9.17) is 4.74 Å². The minimum absolute atomic E-state index is 0.247.